The van der Waals surface area contributed by atoms with Gasteiger partial charge in [0.2, 0.25) is 0 Å². The average Bonchev–Trinajstić information content (AvgIpc) is 3.18. The SMILES string of the molecule is N#Cc1cc(C=CC(c2ccc(Cl)c(Cl)c2)C(F)(F)F)ccc1-n1cncn1. The second kappa shape index (κ2) is 8.05. The van der Waals surface area contributed by atoms with E-state index in [1.165, 1.54) is 47.7 Å². The summed E-state index contributed by atoms with van der Waals surface area (Å²) in [6, 6.07) is 10.5. The van der Waals surface area contributed by atoms with Gasteiger partial charge in [-0.25, -0.2) is 9.67 Å². The van der Waals surface area contributed by atoms with Crippen LogP contribution in [0.25, 0.3) is 11.8 Å². The Bertz CT molecular complexity index is 1050. The van der Waals surface area contributed by atoms with Crippen molar-refractivity contribution in [1.29, 1.82) is 5.26 Å². The van der Waals surface area contributed by atoms with Crippen LogP contribution in [0.2, 0.25) is 10.0 Å². The molecular formula is C19H11Cl2F3N4. The summed E-state index contributed by atoms with van der Waals surface area (Å²) in [5.74, 6) is -1.87. The first-order valence-electron chi connectivity index (χ1n) is 7.88. The lowest BCUT2D eigenvalue weighted by Crippen LogP contribution is -2.18. The van der Waals surface area contributed by atoms with Crippen molar-refractivity contribution < 1.29 is 13.2 Å². The molecule has 9 heteroatoms. The van der Waals surface area contributed by atoms with Gasteiger partial charge in [-0.05, 0) is 35.4 Å². The molecule has 1 unspecified atom stereocenters. The number of hydrogen-bond donors (Lipinski definition) is 0. The minimum atomic E-state index is -4.52. The summed E-state index contributed by atoms with van der Waals surface area (Å²) in [5, 5.41) is 13.5. The summed E-state index contributed by atoms with van der Waals surface area (Å²) >= 11 is 11.6. The molecule has 0 spiro atoms. The Hall–Kier alpha value is -2.82. The molecule has 0 bridgehead atoms. The number of nitrogens with zero attached hydrogens (tertiary/aromatic N) is 4. The summed E-state index contributed by atoms with van der Waals surface area (Å²) in [4.78, 5) is 3.81. The Kier molecular flexibility index (Phi) is 5.73. The molecular weight excluding hydrogens is 412 g/mol. The molecule has 0 amide bonds. The van der Waals surface area contributed by atoms with E-state index in [0.717, 1.165) is 6.08 Å². The lowest BCUT2D eigenvalue weighted by molar-refractivity contribution is -0.139. The molecule has 28 heavy (non-hydrogen) atoms. The lowest BCUT2D eigenvalue weighted by atomic mass is 9.97. The zero-order valence-electron chi connectivity index (χ0n) is 14.0. The fourth-order valence-electron chi connectivity index (χ4n) is 2.60. The van der Waals surface area contributed by atoms with Crippen LogP contribution in [0.4, 0.5) is 13.2 Å². The maximum atomic E-state index is 13.5. The average molecular weight is 423 g/mol. The minimum absolute atomic E-state index is 0.0297. The van der Waals surface area contributed by atoms with Crippen molar-refractivity contribution in [2.75, 3.05) is 0 Å². The van der Waals surface area contributed by atoms with E-state index in [0.29, 0.717) is 11.3 Å². The highest BCUT2D eigenvalue weighted by molar-refractivity contribution is 6.42. The van der Waals surface area contributed by atoms with Crippen LogP contribution in [0.3, 0.4) is 0 Å². The van der Waals surface area contributed by atoms with Crippen molar-refractivity contribution in [1.82, 2.24) is 14.8 Å². The molecule has 0 fully saturated rings. The Labute approximate surface area is 168 Å². The van der Waals surface area contributed by atoms with Gasteiger partial charge in [0.1, 0.15) is 18.7 Å². The molecule has 1 aromatic heterocycles. The van der Waals surface area contributed by atoms with Crippen LogP contribution in [-0.4, -0.2) is 20.9 Å². The Morgan fingerprint density at radius 1 is 1.11 bits per heavy atom. The molecule has 4 nitrogen and oxygen atoms in total. The van der Waals surface area contributed by atoms with Crippen molar-refractivity contribution in [3.8, 4) is 11.8 Å². The number of halogens is 5. The van der Waals surface area contributed by atoms with E-state index in [1.54, 1.807) is 12.1 Å². The van der Waals surface area contributed by atoms with E-state index in [2.05, 4.69) is 10.1 Å². The molecule has 2 aromatic carbocycles. The number of nitriles is 1. The van der Waals surface area contributed by atoms with Crippen molar-refractivity contribution in [2.24, 2.45) is 0 Å². The third-order valence-corrected chi connectivity index (χ3v) is 4.68. The topological polar surface area (TPSA) is 54.5 Å². The molecule has 3 rings (SSSR count). The predicted octanol–water partition coefficient (Wildman–Crippen LogP) is 5.81. The molecule has 0 aliphatic heterocycles. The van der Waals surface area contributed by atoms with Gasteiger partial charge in [-0.2, -0.15) is 23.5 Å². The van der Waals surface area contributed by atoms with E-state index in [9.17, 15) is 18.4 Å². The van der Waals surface area contributed by atoms with Gasteiger partial charge >= 0.3 is 6.18 Å². The summed E-state index contributed by atoms with van der Waals surface area (Å²) in [5.41, 5.74) is 1.15. The zero-order valence-corrected chi connectivity index (χ0v) is 15.5. The number of hydrogen-bond acceptors (Lipinski definition) is 3. The van der Waals surface area contributed by atoms with E-state index >= 15 is 0 Å². The first kappa shape index (κ1) is 19.9. The number of rotatable bonds is 4. The second-order valence-corrected chi connectivity index (χ2v) is 6.59. The molecule has 0 aliphatic rings. The van der Waals surface area contributed by atoms with E-state index in [1.807, 2.05) is 6.07 Å². The Morgan fingerprint density at radius 3 is 2.50 bits per heavy atom. The molecule has 3 aromatic rings. The molecule has 0 radical (unpaired) electrons. The lowest BCUT2D eigenvalue weighted by Gasteiger charge is -2.18. The van der Waals surface area contributed by atoms with Gasteiger partial charge in [-0.1, -0.05) is 47.5 Å². The highest BCUT2D eigenvalue weighted by Gasteiger charge is 2.39. The quantitative estimate of drug-likeness (QED) is 0.533. The van der Waals surface area contributed by atoms with Crippen LogP contribution in [0.5, 0.6) is 0 Å². The summed E-state index contributed by atoms with van der Waals surface area (Å²) in [6.45, 7) is 0. The van der Waals surface area contributed by atoms with Gasteiger partial charge < -0.3 is 0 Å². The molecule has 0 N–H and O–H groups in total. The molecule has 0 saturated carbocycles. The normalized spacial score (nSPS) is 12.9. The highest BCUT2D eigenvalue weighted by Crippen LogP contribution is 2.38. The van der Waals surface area contributed by atoms with Crippen LogP contribution in [-0.2, 0) is 0 Å². The summed E-state index contributed by atoms with van der Waals surface area (Å²) in [7, 11) is 0. The first-order valence-corrected chi connectivity index (χ1v) is 8.64. The minimum Gasteiger partial charge on any atom is -0.223 e. The largest absolute Gasteiger partial charge is 0.399 e. The fourth-order valence-corrected chi connectivity index (χ4v) is 2.91. The van der Waals surface area contributed by atoms with Crippen molar-refractivity contribution >= 4 is 29.3 Å². The second-order valence-electron chi connectivity index (χ2n) is 5.78. The molecule has 0 aliphatic carbocycles. The van der Waals surface area contributed by atoms with Crippen LogP contribution in [0.1, 0.15) is 22.6 Å². The van der Waals surface area contributed by atoms with Gasteiger partial charge in [0.05, 0.1) is 27.2 Å². The highest BCUT2D eigenvalue weighted by atomic mass is 35.5. The number of benzene rings is 2. The van der Waals surface area contributed by atoms with Crippen molar-refractivity contribution in [3.63, 3.8) is 0 Å². The molecule has 1 atom stereocenters. The van der Waals surface area contributed by atoms with Gasteiger partial charge in [-0.15, -0.1) is 0 Å². The third-order valence-electron chi connectivity index (χ3n) is 3.94. The monoisotopic (exact) mass is 422 g/mol. The smallest absolute Gasteiger partial charge is 0.223 e. The van der Waals surface area contributed by atoms with Gasteiger partial charge in [0, 0.05) is 0 Å². The first-order chi connectivity index (χ1) is 13.3. The molecule has 0 saturated heterocycles. The Balaban J connectivity index is 1.95. The van der Waals surface area contributed by atoms with Crippen molar-refractivity contribution in [3.05, 3.63) is 81.9 Å². The maximum Gasteiger partial charge on any atom is 0.399 e. The van der Waals surface area contributed by atoms with Crippen LogP contribution < -0.4 is 0 Å². The summed E-state index contributed by atoms with van der Waals surface area (Å²) < 4.78 is 42.0. The Morgan fingerprint density at radius 2 is 1.89 bits per heavy atom. The molecule has 142 valence electrons. The van der Waals surface area contributed by atoms with Crippen LogP contribution in [0, 0.1) is 11.3 Å². The number of aromatic nitrogens is 3. The zero-order chi connectivity index (χ0) is 20.3. The molecule has 1 heterocycles. The fraction of sp³-hybridized carbons (Fsp3) is 0.105. The number of alkyl halides is 3. The van der Waals surface area contributed by atoms with Crippen LogP contribution >= 0.6 is 23.2 Å². The van der Waals surface area contributed by atoms with Gasteiger partial charge in [0.15, 0.2) is 0 Å². The third kappa shape index (κ3) is 4.35. The standard InChI is InChI=1S/C19H11Cl2F3N4/c20-16-5-3-13(8-17(16)21)15(19(22,23)24)4-1-12-2-6-18(14(7-12)9-25)28-11-26-10-27-28/h1-8,10-11,15H. The summed E-state index contributed by atoms with van der Waals surface area (Å²) in [6.07, 6.45) is 0.556. The van der Waals surface area contributed by atoms with Crippen molar-refractivity contribution in [2.45, 2.75) is 12.1 Å². The van der Waals surface area contributed by atoms with E-state index < -0.39 is 12.1 Å². The number of allylic oxidation sites excluding steroid dienone is 1. The van der Waals surface area contributed by atoms with E-state index in [4.69, 9.17) is 23.2 Å². The van der Waals surface area contributed by atoms with Crippen LogP contribution in [0.15, 0.2) is 55.1 Å². The van der Waals surface area contributed by atoms with Gasteiger partial charge in [0.25, 0.3) is 0 Å². The van der Waals surface area contributed by atoms with Gasteiger partial charge in [-0.3, -0.25) is 0 Å². The predicted molar refractivity (Wildman–Crippen MR) is 100 cm³/mol. The van der Waals surface area contributed by atoms with E-state index in [-0.39, 0.29) is 21.2 Å². The maximum absolute atomic E-state index is 13.5.